The first-order valence-electron chi connectivity index (χ1n) is 6.85. The van der Waals surface area contributed by atoms with Gasteiger partial charge in [0.1, 0.15) is 0 Å². The van der Waals surface area contributed by atoms with Crippen LogP contribution in [0.5, 0.6) is 0 Å². The normalized spacial score (nSPS) is 10.5. The maximum absolute atomic E-state index is 11.5. The van der Waals surface area contributed by atoms with Crippen molar-refractivity contribution in [3.63, 3.8) is 0 Å². The van der Waals surface area contributed by atoms with Crippen LogP contribution in [0.4, 0.5) is 0 Å². The quantitative estimate of drug-likeness (QED) is 0.413. The molecule has 0 saturated carbocycles. The van der Waals surface area contributed by atoms with Crippen molar-refractivity contribution in [1.82, 2.24) is 5.23 Å². The second kappa shape index (κ2) is 11.9. The molecule has 0 aromatic carbocycles. The van der Waals surface area contributed by atoms with Gasteiger partial charge in [0, 0.05) is 6.42 Å². The van der Waals surface area contributed by atoms with Gasteiger partial charge in [0.2, 0.25) is 0 Å². The van der Waals surface area contributed by atoms with Gasteiger partial charge in [0.15, 0.2) is 0 Å². The van der Waals surface area contributed by atoms with Crippen molar-refractivity contribution in [3.8, 4) is 0 Å². The summed E-state index contributed by atoms with van der Waals surface area (Å²) in [5.41, 5.74) is 0. The highest BCUT2D eigenvalue weighted by molar-refractivity contribution is 5.73. The SMILES string of the molecule is CCCCCON(OCCCCC)C(=O)CC. The van der Waals surface area contributed by atoms with Crippen molar-refractivity contribution >= 4 is 5.91 Å². The number of unbranched alkanes of at least 4 members (excludes halogenated alkanes) is 4. The van der Waals surface area contributed by atoms with E-state index in [2.05, 4.69) is 13.8 Å². The van der Waals surface area contributed by atoms with Gasteiger partial charge in [-0.15, -0.1) is 0 Å². The van der Waals surface area contributed by atoms with Crippen LogP contribution in [-0.4, -0.2) is 24.3 Å². The lowest BCUT2D eigenvalue weighted by Gasteiger charge is -2.20. The average Bonchev–Trinajstić information content (AvgIpc) is 2.36. The minimum atomic E-state index is -0.113. The molecule has 0 spiro atoms. The lowest BCUT2D eigenvalue weighted by Crippen LogP contribution is -2.31. The van der Waals surface area contributed by atoms with E-state index >= 15 is 0 Å². The van der Waals surface area contributed by atoms with Crippen molar-refractivity contribution < 1.29 is 14.5 Å². The summed E-state index contributed by atoms with van der Waals surface area (Å²) < 4.78 is 0. The highest BCUT2D eigenvalue weighted by atomic mass is 17.0. The lowest BCUT2D eigenvalue weighted by molar-refractivity contribution is -0.342. The number of rotatable bonds is 11. The molecular formula is C13H27NO3. The van der Waals surface area contributed by atoms with Crippen LogP contribution in [0.2, 0.25) is 0 Å². The molecule has 0 aromatic rings. The highest BCUT2D eigenvalue weighted by Crippen LogP contribution is 2.03. The largest absolute Gasteiger partial charge is 0.273 e. The van der Waals surface area contributed by atoms with Gasteiger partial charge >= 0.3 is 0 Å². The number of hydrogen-bond acceptors (Lipinski definition) is 3. The molecule has 102 valence electrons. The first-order chi connectivity index (χ1) is 8.26. The second-order valence-electron chi connectivity index (χ2n) is 4.09. The topological polar surface area (TPSA) is 38.8 Å². The summed E-state index contributed by atoms with van der Waals surface area (Å²) in [6.07, 6.45) is 6.84. The van der Waals surface area contributed by atoms with Crippen LogP contribution >= 0.6 is 0 Å². The van der Waals surface area contributed by atoms with Crippen molar-refractivity contribution in [1.29, 1.82) is 0 Å². The third kappa shape index (κ3) is 9.12. The van der Waals surface area contributed by atoms with Crippen molar-refractivity contribution in [2.75, 3.05) is 13.2 Å². The van der Waals surface area contributed by atoms with Crippen LogP contribution in [0.15, 0.2) is 0 Å². The van der Waals surface area contributed by atoms with Gasteiger partial charge in [-0.3, -0.25) is 4.79 Å². The lowest BCUT2D eigenvalue weighted by atomic mass is 10.3. The van der Waals surface area contributed by atoms with Crippen LogP contribution in [-0.2, 0) is 14.5 Å². The van der Waals surface area contributed by atoms with E-state index in [1.807, 2.05) is 0 Å². The summed E-state index contributed by atoms with van der Waals surface area (Å²) >= 11 is 0. The molecule has 4 heteroatoms. The second-order valence-corrected chi connectivity index (χ2v) is 4.09. The van der Waals surface area contributed by atoms with E-state index in [0.717, 1.165) is 43.8 Å². The Morgan fingerprint density at radius 2 is 1.35 bits per heavy atom. The van der Waals surface area contributed by atoms with Crippen molar-refractivity contribution in [3.05, 3.63) is 0 Å². The summed E-state index contributed by atoms with van der Waals surface area (Å²) in [6.45, 7) is 7.17. The molecule has 0 aliphatic heterocycles. The fraction of sp³-hybridized carbons (Fsp3) is 0.923. The number of carbonyl (C=O) groups excluding carboxylic acids is 1. The van der Waals surface area contributed by atoms with E-state index in [9.17, 15) is 4.79 Å². The maximum Gasteiger partial charge on any atom is 0.273 e. The Labute approximate surface area is 105 Å². The summed E-state index contributed by atoms with van der Waals surface area (Å²) in [7, 11) is 0. The Bertz CT molecular complexity index is 174. The van der Waals surface area contributed by atoms with Crippen LogP contribution in [0.3, 0.4) is 0 Å². The molecule has 0 aliphatic rings. The predicted octanol–water partition coefficient (Wildman–Crippen LogP) is 3.47. The fourth-order valence-electron chi connectivity index (χ4n) is 1.31. The van der Waals surface area contributed by atoms with Crippen LogP contribution in [0.25, 0.3) is 0 Å². The number of carbonyl (C=O) groups is 1. The Morgan fingerprint density at radius 3 is 1.71 bits per heavy atom. The predicted molar refractivity (Wildman–Crippen MR) is 68.1 cm³/mol. The van der Waals surface area contributed by atoms with Crippen molar-refractivity contribution in [2.24, 2.45) is 0 Å². The molecule has 0 radical (unpaired) electrons. The molecule has 0 aromatic heterocycles. The molecule has 4 nitrogen and oxygen atoms in total. The number of amides is 1. The van der Waals surface area contributed by atoms with Gasteiger partial charge in [0.05, 0.1) is 13.2 Å². The maximum atomic E-state index is 11.5. The summed E-state index contributed by atoms with van der Waals surface area (Å²) in [5.74, 6) is -0.113. The molecule has 0 aliphatic carbocycles. The van der Waals surface area contributed by atoms with Crippen LogP contribution in [0.1, 0.15) is 65.7 Å². The number of hydroxylamine groups is 2. The summed E-state index contributed by atoms with van der Waals surface area (Å²) in [5, 5.41) is 1.07. The molecule has 0 unspecified atom stereocenters. The van der Waals surface area contributed by atoms with Gasteiger partial charge < -0.3 is 0 Å². The van der Waals surface area contributed by atoms with E-state index in [1.165, 1.54) is 0 Å². The monoisotopic (exact) mass is 245 g/mol. The number of nitrogens with zero attached hydrogens (tertiary/aromatic N) is 1. The smallest absolute Gasteiger partial charge is 0.270 e. The van der Waals surface area contributed by atoms with Crippen molar-refractivity contribution in [2.45, 2.75) is 65.7 Å². The Morgan fingerprint density at radius 1 is 0.882 bits per heavy atom. The van der Waals surface area contributed by atoms with Gasteiger partial charge in [0.25, 0.3) is 5.91 Å². The van der Waals surface area contributed by atoms with E-state index < -0.39 is 0 Å². The van der Waals surface area contributed by atoms with E-state index in [-0.39, 0.29) is 5.91 Å². The van der Waals surface area contributed by atoms with Gasteiger partial charge in [-0.05, 0) is 12.8 Å². The molecule has 0 fully saturated rings. The first kappa shape index (κ1) is 16.4. The zero-order valence-corrected chi connectivity index (χ0v) is 11.5. The third-order valence-electron chi connectivity index (χ3n) is 2.42. The van der Waals surface area contributed by atoms with E-state index in [4.69, 9.17) is 9.68 Å². The first-order valence-corrected chi connectivity index (χ1v) is 6.85. The zero-order chi connectivity index (χ0) is 12.9. The minimum absolute atomic E-state index is 0.113. The Kier molecular flexibility index (Phi) is 11.4. The molecule has 0 rings (SSSR count). The van der Waals surface area contributed by atoms with Crippen LogP contribution in [0, 0.1) is 0 Å². The molecule has 0 N–H and O–H groups in total. The summed E-state index contributed by atoms with van der Waals surface area (Å²) in [4.78, 5) is 22.2. The molecule has 0 heterocycles. The van der Waals surface area contributed by atoms with E-state index in [0.29, 0.717) is 19.6 Å². The van der Waals surface area contributed by atoms with Gasteiger partial charge in [-0.25, -0.2) is 9.68 Å². The molecule has 0 bridgehead atoms. The third-order valence-corrected chi connectivity index (χ3v) is 2.42. The van der Waals surface area contributed by atoms with E-state index in [1.54, 1.807) is 6.92 Å². The standard InChI is InChI=1S/C13H27NO3/c1-4-7-9-11-16-14(13(15)6-3)17-12-10-8-5-2/h4-12H2,1-3H3. The minimum Gasteiger partial charge on any atom is -0.270 e. The van der Waals surface area contributed by atoms with Crippen LogP contribution < -0.4 is 0 Å². The fourth-order valence-corrected chi connectivity index (χ4v) is 1.31. The highest BCUT2D eigenvalue weighted by Gasteiger charge is 2.12. The molecular weight excluding hydrogens is 218 g/mol. The molecule has 1 amide bonds. The summed E-state index contributed by atoms with van der Waals surface area (Å²) in [6, 6.07) is 0. The zero-order valence-electron chi connectivity index (χ0n) is 11.5. The van der Waals surface area contributed by atoms with Gasteiger partial charge in [-0.1, -0.05) is 51.7 Å². The molecule has 0 saturated heterocycles. The average molecular weight is 245 g/mol. The van der Waals surface area contributed by atoms with Gasteiger partial charge in [-0.2, -0.15) is 0 Å². The number of hydrogen-bond donors (Lipinski definition) is 0. The Balaban J connectivity index is 3.76. The Hall–Kier alpha value is -0.610. The molecule has 17 heavy (non-hydrogen) atoms. The molecule has 0 atom stereocenters.